The largest absolute Gasteiger partial charge is 5.00 e. The smallest absolute Gasteiger partial charge is 0.507 e. The molecular weight excluding hydrogens is 333 g/mol. The van der Waals surface area contributed by atoms with Crippen molar-refractivity contribution in [3.63, 3.8) is 0 Å². The molecule has 0 saturated heterocycles. The van der Waals surface area contributed by atoms with E-state index in [2.05, 4.69) is 0 Å². The molecule has 0 aliphatic carbocycles. The fraction of sp³-hybridized carbons (Fsp3) is 0.0625. The molecule has 0 amide bonds. The molecule has 0 radical (unpaired) electrons. The van der Waals surface area contributed by atoms with Crippen molar-refractivity contribution in [3.8, 4) is 5.75 Å². The minimum absolute atomic E-state index is 0. The summed E-state index contributed by atoms with van der Waals surface area (Å²) in [5.41, 5.74) is 1.27. The molecule has 3 nitrogen and oxygen atoms in total. The first kappa shape index (κ1) is 16.2. The van der Waals surface area contributed by atoms with Crippen molar-refractivity contribution in [2.75, 3.05) is 7.11 Å². The van der Waals surface area contributed by atoms with E-state index in [0.29, 0.717) is 16.9 Å². The molecule has 2 aromatic rings. The van der Waals surface area contributed by atoms with E-state index in [1.807, 2.05) is 18.2 Å². The second-order valence-corrected chi connectivity index (χ2v) is 4.01. The van der Waals surface area contributed by atoms with E-state index in [4.69, 9.17) is 4.74 Å². The number of methoxy groups -OCH3 is 1. The van der Waals surface area contributed by atoms with Crippen LogP contribution in [0.1, 0.15) is 11.1 Å². The summed E-state index contributed by atoms with van der Waals surface area (Å²) in [4.78, 5) is 9.91. The van der Waals surface area contributed by atoms with Gasteiger partial charge >= 0.3 is 28.2 Å². The van der Waals surface area contributed by atoms with Crippen molar-refractivity contribution < 1.29 is 37.0 Å². The van der Waals surface area contributed by atoms with Crippen LogP contribution in [0, 0.1) is 0 Å². The average Bonchev–Trinajstić information content (AvgIpc) is 2.48. The Morgan fingerprint density at radius 2 is 1.60 bits per heavy atom. The fourth-order valence-electron chi connectivity index (χ4n) is 1.67. The number of ether oxygens (including phenoxy) is 1. The predicted octanol–water partition coefficient (Wildman–Crippen LogP) is 3.18. The van der Waals surface area contributed by atoms with Crippen LogP contribution in [0.5, 0.6) is 5.75 Å². The minimum Gasteiger partial charge on any atom is -0.507 e. The zero-order valence-electron chi connectivity index (χ0n) is 11.0. The fourth-order valence-corrected chi connectivity index (χ4v) is 1.67. The van der Waals surface area contributed by atoms with Gasteiger partial charge in [-0.15, -0.1) is 0 Å². The van der Waals surface area contributed by atoms with Crippen LogP contribution in [-0.4, -0.2) is 22.8 Å². The number of carbonyl (C=O) groups excluding carboxylic acids is 1. The van der Waals surface area contributed by atoms with Gasteiger partial charge in [0.25, 0.3) is 0 Å². The Hall–Kier alpha value is -1.81. The van der Waals surface area contributed by atoms with Crippen molar-refractivity contribution in [1.82, 2.24) is 0 Å². The SMILES string of the molecule is COc1ccc(/C(O)=C/C(=[OH+])c2ccccc2)cc1.[Nb+5]. The monoisotopic (exact) mass is 348 g/mol. The number of aliphatic hydroxyl groups is 1. The molecule has 0 spiro atoms. The maximum Gasteiger partial charge on any atom is 5.00 e. The van der Waals surface area contributed by atoms with Gasteiger partial charge in [-0.05, 0) is 36.4 Å². The first-order valence-corrected chi connectivity index (χ1v) is 5.87. The molecule has 2 aromatic carbocycles. The summed E-state index contributed by atoms with van der Waals surface area (Å²) in [7, 11) is 1.58. The summed E-state index contributed by atoms with van der Waals surface area (Å²) in [5, 5.41) is 9.96. The first-order chi connectivity index (χ1) is 9.20. The van der Waals surface area contributed by atoms with E-state index >= 15 is 0 Å². The zero-order chi connectivity index (χ0) is 13.7. The Bertz CT molecular complexity index is 589. The van der Waals surface area contributed by atoms with Gasteiger partial charge in [-0.2, -0.15) is 0 Å². The van der Waals surface area contributed by atoms with Crippen LogP contribution < -0.4 is 4.74 Å². The Morgan fingerprint density at radius 3 is 2.15 bits per heavy atom. The first-order valence-electron chi connectivity index (χ1n) is 5.87. The van der Waals surface area contributed by atoms with Crippen molar-refractivity contribution >= 4 is 11.5 Å². The van der Waals surface area contributed by atoms with E-state index in [9.17, 15) is 9.90 Å². The van der Waals surface area contributed by atoms with Crippen molar-refractivity contribution in [3.05, 3.63) is 71.8 Å². The Balaban J connectivity index is 0.00000200. The molecule has 0 unspecified atom stereocenters. The molecule has 0 fully saturated rings. The second kappa shape index (κ2) is 7.70. The van der Waals surface area contributed by atoms with Crippen LogP contribution in [0.25, 0.3) is 5.76 Å². The van der Waals surface area contributed by atoms with Crippen LogP contribution in [0.4, 0.5) is 0 Å². The number of ketones is 1. The average molecular weight is 348 g/mol. The van der Waals surface area contributed by atoms with Gasteiger partial charge in [-0.25, -0.2) is 0 Å². The third kappa shape index (κ3) is 4.10. The molecular formula is C16H15NbO3+6. The molecule has 0 aliphatic heterocycles. The van der Waals surface area contributed by atoms with Crippen LogP contribution in [0.15, 0.2) is 60.7 Å². The number of rotatable bonds is 4. The quantitative estimate of drug-likeness (QED) is 0.303. The number of benzene rings is 2. The third-order valence-electron chi connectivity index (χ3n) is 2.73. The summed E-state index contributed by atoms with van der Waals surface area (Å²) in [5.74, 6) is 0.741. The molecule has 20 heavy (non-hydrogen) atoms. The molecule has 0 atom stereocenters. The number of allylic oxidation sites excluding steroid dienone is 1. The summed E-state index contributed by atoms with van der Waals surface area (Å²) in [6.45, 7) is 0. The molecule has 2 N–H and O–H groups in total. The maximum absolute atomic E-state index is 9.96. The molecule has 96 valence electrons. The molecule has 0 aliphatic rings. The normalized spacial score (nSPS) is 10.6. The molecule has 0 aromatic heterocycles. The van der Waals surface area contributed by atoms with Gasteiger partial charge in [-0.1, -0.05) is 18.2 Å². The van der Waals surface area contributed by atoms with E-state index in [1.165, 1.54) is 6.08 Å². The summed E-state index contributed by atoms with van der Waals surface area (Å²) >= 11 is 0. The Labute approximate surface area is 133 Å². The maximum atomic E-state index is 9.96. The minimum atomic E-state index is 0. The number of hydrogen-bond donors (Lipinski definition) is 1. The van der Waals surface area contributed by atoms with Gasteiger partial charge in [0, 0.05) is 5.56 Å². The topological polar surface area (TPSA) is 50.9 Å². The molecule has 0 heterocycles. The van der Waals surface area contributed by atoms with E-state index < -0.39 is 0 Å². The van der Waals surface area contributed by atoms with E-state index in [0.717, 1.165) is 0 Å². The summed E-state index contributed by atoms with van der Waals surface area (Å²) < 4.78 is 5.04. The van der Waals surface area contributed by atoms with E-state index in [1.54, 1.807) is 43.5 Å². The number of hydrogen-bond acceptors (Lipinski definition) is 2. The van der Waals surface area contributed by atoms with Gasteiger partial charge in [0.1, 0.15) is 11.5 Å². The van der Waals surface area contributed by atoms with Gasteiger partial charge in [0.15, 0.2) is 0 Å². The van der Waals surface area contributed by atoms with Crippen molar-refractivity contribution in [1.29, 1.82) is 0 Å². The van der Waals surface area contributed by atoms with Crippen molar-refractivity contribution in [2.24, 2.45) is 0 Å². The molecule has 0 saturated carbocycles. The zero-order valence-corrected chi connectivity index (χ0v) is 13.2. The van der Waals surface area contributed by atoms with Gasteiger partial charge in [0.2, 0.25) is 0 Å². The van der Waals surface area contributed by atoms with Gasteiger partial charge in [-0.3, -0.25) is 4.79 Å². The summed E-state index contributed by atoms with van der Waals surface area (Å²) in [6.07, 6.45) is 1.33. The van der Waals surface area contributed by atoms with Crippen LogP contribution in [0.3, 0.4) is 0 Å². The Morgan fingerprint density at radius 1 is 1.00 bits per heavy atom. The third-order valence-corrected chi connectivity index (χ3v) is 2.73. The van der Waals surface area contributed by atoms with E-state index in [-0.39, 0.29) is 33.9 Å². The molecule has 4 heteroatoms. The van der Waals surface area contributed by atoms with Crippen LogP contribution in [0.2, 0.25) is 0 Å². The molecule has 0 bridgehead atoms. The predicted molar refractivity (Wildman–Crippen MR) is 76.1 cm³/mol. The van der Waals surface area contributed by atoms with Crippen molar-refractivity contribution in [2.45, 2.75) is 0 Å². The standard InChI is InChI=1S/C16H14O3.Nb/c1-19-14-9-7-13(8-10-14)16(18)11-15(17)12-5-3-2-4-6-12;/h2-11,18H,1H3;/q;+5/p+1/b16-11-;. The summed E-state index contributed by atoms with van der Waals surface area (Å²) in [6, 6.07) is 16.0. The van der Waals surface area contributed by atoms with Crippen LogP contribution in [-0.2, 0) is 22.4 Å². The Kier molecular flexibility index (Phi) is 6.25. The number of aliphatic hydroxyl groups excluding tert-OH is 1. The van der Waals surface area contributed by atoms with Gasteiger partial charge < -0.3 is 9.84 Å². The molecule has 2 rings (SSSR count). The van der Waals surface area contributed by atoms with Gasteiger partial charge in [0.05, 0.1) is 18.7 Å². The second-order valence-electron chi connectivity index (χ2n) is 4.01. The van der Waals surface area contributed by atoms with Crippen LogP contribution >= 0.6 is 0 Å².